The highest BCUT2D eigenvalue weighted by atomic mass is 35.5. The number of nitrogens with one attached hydrogen (secondary N) is 1. The second kappa shape index (κ2) is 7.40. The molecule has 0 bridgehead atoms. The molecule has 1 fully saturated rings. The molecule has 0 unspecified atom stereocenters. The SMILES string of the molecule is Clc1ccccc1CNc1cnnc(N2CCCCCC2)n1. The van der Waals surface area contributed by atoms with Gasteiger partial charge in [-0.25, -0.2) is 0 Å². The number of nitrogens with zero attached hydrogens (tertiary/aromatic N) is 4. The Morgan fingerprint density at radius 1 is 1.09 bits per heavy atom. The van der Waals surface area contributed by atoms with E-state index in [0.29, 0.717) is 12.5 Å². The van der Waals surface area contributed by atoms with Crippen LogP contribution in [0.25, 0.3) is 0 Å². The first kappa shape index (κ1) is 15.0. The van der Waals surface area contributed by atoms with Crippen molar-refractivity contribution in [1.82, 2.24) is 15.2 Å². The van der Waals surface area contributed by atoms with Crippen LogP contribution in [0.15, 0.2) is 30.5 Å². The Morgan fingerprint density at radius 2 is 1.86 bits per heavy atom. The molecule has 1 N–H and O–H groups in total. The van der Waals surface area contributed by atoms with Crippen LogP contribution < -0.4 is 10.2 Å². The summed E-state index contributed by atoms with van der Waals surface area (Å²) >= 11 is 6.17. The maximum atomic E-state index is 6.17. The van der Waals surface area contributed by atoms with Crippen LogP contribution in [-0.4, -0.2) is 28.3 Å². The number of anilines is 2. The van der Waals surface area contributed by atoms with Gasteiger partial charge in [-0.05, 0) is 24.5 Å². The van der Waals surface area contributed by atoms with Gasteiger partial charge in [-0.2, -0.15) is 10.1 Å². The third-order valence-electron chi connectivity index (χ3n) is 3.85. The van der Waals surface area contributed by atoms with E-state index < -0.39 is 0 Å². The monoisotopic (exact) mass is 317 g/mol. The van der Waals surface area contributed by atoms with Gasteiger partial charge in [0.2, 0.25) is 5.95 Å². The van der Waals surface area contributed by atoms with Crippen LogP contribution in [0.4, 0.5) is 11.8 Å². The van der Waals surface area contributed by atoms with Crippen molar-refractivity contribution in [2.75, 3.05) is 23.3 Å². The molecule has 1 aliphatic rings. The van der Waals surface area contributed by atoms with Gasteiger partial charge in [-0.3, -0.25) is 0 Å². The van der Waals surface area contributed by atoms with Crippen LogP contribution >= 0.6 is 11.6 Å². The largest absolute Gasteiger partial charge is 0.364 e. The minimum absolute atomic E-state index is 0.623. The summed E-state index contributed by atoms with van der Waals surface area (Å²) in [5.41, 5.74) is 1.04. The van der Waals surface area contributed by atoms with E-state index in [-0.39, 0.29) is 0 Å². The standard InChI is InChI=1S/C16H20ClN5/c17-14-8-4-3-7-13(14)11-18-15-12-19-21-16(20-15)22-9-5-1-2-6-10-22/h3-4,7-8,12H,1-2,5-6,9-11H2,(H,18,20,21). The predicted molar refractivity (Wildman–Crippen MR) is 89.3 cm³/mol. The Bertz CT molecular complexity index is 611. The number of hydrogen-bond acceptors (Lipinski definition) is 5. The third kappa shape index (κ3) is 3.85. The molecule has 1 saturated heterocycles. The van der Waals surface area contributed by atoms with E-state index >= 15 is 0 Å². The van der Waals surface area contributed by atoms with Gasteiger partial charge in [-0.15, -0.1) is 5.10 Å². The van der Waals surface area contributed by atoms with E-state index in [9.17, 15) is 0 Å². The summed E-state index contributed by atoms with van der Waals surface area (Å²) in [7, 11) is 0. The highest BCUT2D eigenvalue weighted by Gasteiger charge is 2.13. The average Bonchev–Trinajstić information content (AvgIpc) is 2.84. The molecule has 0 saturated carbocycles. The quantitative estimate of drug-likeness (QED) is 0.935. The third-order valence-corrected chi connectivity index (χ3v) is 4.22. The molecule has 0 spiro atoms. The first-order valence-corrected chi connectivity index (χ1v) is 8.13. The molecule has 6 heteroatoms. The Hall–Kier alpha value is -1.88. The smallest absolute Gasteiger partial charge is 0.247 e. The zero-order chi connectivity index (χ0) is 15.2. The van der Waals surface area contributed by atoms with Crippen LogP contribution in [0.5, 0.6) is 0 Å². The molecule has 0 amide bonds. The summed E-state index contributed by atoms with van der Waals surface area (Å²) in [6, 6.07) is 7.79. The maximum absolute atomic E-state index is 6.17. The number of hydrogen-bond donors (Lipinski definition) is 1. The van der Waals surface area contributed by atoms with Crippen LogP contribution in [0.1, 0.15) is 31.2 Å². The van der Waals surface area contributed by atoms with Gasteiger partial charge in [0.1, 0.15) is 0 Å². The molecule has 0 aliphatic carbocycles. The molecule has 116 valence electrons. The van der Waals surface area contributed by atoms with E-state index in [1.165, 1.54) is 25.7 Å². The number of halogens is 1. The van der Waals surface area contributed by atoms with Gasteiger partial charge >= 0.3 is 0 Å². The molecule has 1 aromatic carbocycles. The van der Waals surface area contributed by atoms with Crippen LogP contribution in [-0.2, 0) is 6.54 Å². The summed E-state index contributed by atoms with van der Waals surface area (Å²) in [4.78, 5) is 6.80. The molecule has 1 aliphatic heterocycles. The molecule has 0 radical (unpaired) electrons. The number of benzene rings is 1. The Morgan fingerprint density at radius 3 is 2.64 bits per heavy atom. The summed E-state index contributed by atoms with van der Waals surface area (Å²) in [5, 5.41) is 12.3. The molecule has 22 heavy (non-hydrogen) atoms. The Labute approximate surface area is 135 Å². The molecule has 2 heterocycles. The summed E-state index contributed by atoms with van der Waals surface area (Å²) in [6.45, 7) is 2.64. The van der Waals surface area contributed by atoms with E-state index in [4.69, 9.17) is 11.6 Å². The minimum Gasteiger partial charge on any atom is -0.364 e. The van der Waals surface area contributed by atoms with Crippen molar-refractivity contribution in [2.45, 2.75) is 32.2 Å². The van der Waals surface area contributed by atoms with Crippen LogP contribution in [0.3, 0.4) is 0 Å². The van der Waals surface area contributed by atoms with Crippen molar-refractivity contribution in [3.63, 3.8) is 0 Å². The second-order valence-corrected chi connectivity index (χ2v) is 5.90. The van der Waals surface area contributed by atoms with E-state index in [0.717, 1.165) is 29.5 Å². The van der Waals surface area contributed by atoms with E-state index in [2.05, 4.69) is 25.4 Å². The summed E-state index contributed by atoms with van der Waals surface area (Å²) in [6.07, 6.45) is 6.61. The Kier molecular flexibility index (Phi) is 5.06. The lowest BCUT2D eigenvalue weighted by Crippen LogP contribution is -2.26. The molecule has 1 aromatic heterocycles. The molecule has 5 nitrogen and oxygen atoms in total. The summed E-state index contributed by atoms with van der Waals surface area (Å²) < 4.78 is 0. The van der Waals surface area contributed by atoms with Crippen molar-refractivity contribution < 1.29 is 0 Å². The number of aromatic nitrogens is 3. The average molecular weight is 318 g/mol. The lowest BCUT2D eigenvalue weighted by molar-refractivity contribution is 0.726. The van der Waals surface area contributed by atoms with Crippen LogP contribution in [0, 0.1) is 0 Å². The Balaban J connectivity index is 1.67. The van der Waals surface area contributed by atoms with Crippen molar-refractivity contribution in [3.05, 3.63) is 41.0 Å². The van der Waals surface area contributed by atoms with Gasteiger partial charge in [0.05, 0.1) is 6.20 Å². The molecule has 0 atom stereocenters. The first-order chi connectivity index (χ1) is 10.8. The van der Waals surface area contributed by atoms with E-state index in [1.807, 2.05) is 24.3 Å². The zero-order valence-corrected chi connectivity index (χ0v) is 13.3. The van der Waals surface area contributed by atoms with E-state index in [1.54, 1.807) is 6.20 Å². The van der Waals surface area contributed by atoms with Crippen molar-refractivity contribution in [1.29, 1.82) is 0 Å². The minimum atomic E-state index is 0.623. The fraction of sp³-hybridized carbons (Fsp3) is 0.438. The predicted octanol–water partition coefficient (Wildman–Crippen LogP) is 3.52. The molecular formula is C16H20ClN5. The molecular weight excluding hydrogens is 298 g/mol. The van der Waals surface area contributed by atoms with Gasteiger partial charge < -0.3 is 10.2 Å². The van der Waals surface area contributed by atoms with Gasteiger partial charge in [-0.1, -0.05) is 42.6 Å². The van der Waals surface area contributed by atoms with Crippen molar-refractivity contribution in [2.24, 2.45) is 0 Å². The normalized spacial score (nSPS) is 15.4. The molecule has 2 aromatic rings. The lowest BCUT2D eigenvalue weighted by Gasteiger charge is -2.19. The zero-order valence-electron chi connectivity index (χ0n) is 12.5. The topological polar surface area (TPSA) is 53.9 Å². The maximum Gasteiger partial charge on any atom is 0.247 e. The fourth-order valence-electron chi connectivity index (χ4n) is 2.61. The fourth-order valence-corrected chi connectivity index (χ4v) is 2.81. The first-order valence-electron chi connectivity index (χ1n) is 7.75. The lowest BCUT2D eigenvalue weighted by atomic mass is 10.2. The number of rotatable bonds is 4. The highest BCUT2D eigenvalue weighted by Crippen LogP contribution is 2.18. The highest BCUT2D eigenvalue weighted by molar-refractivity contribution is 6.31. The second-order valence-electron chi connectivity index (χ2n) is 5.49. The van der Waals surface area contributed by atoms with Gasteiger partial charge in [0.15, 0.2) is 5.82 Å². The van der Waals surface area contributed by atoms with Gasteiger partial charge in [0.25, 0.3) is 0 Å². The van der Waals surface area contributed by atoms with Crippen molar-refractivity contribution in [3.8, 4) is 0 Å². The molecule has 3 rings (SSSR count). The summed E-state index contributed by atoms with van der Waals surface area (Å²) in [5.74, 6) is 1.44. The van der Waals surface area contributed by atoms with Crippen LogP contribution in [0.2, 0.25) is 5.02 Å². The van der Waals surface area contributed by atoms with Gasteiger partial charge in [0, 0.05) is 24.7 Å². The van der Waals surface area contributed by atoms with Crippen molar-refractivity contribution >= 4 is 23.4 Å².